The van der Waals surface area contributed by atoms with Crippen molar-refractivity contribution in [3.8, 4) is 0 Å². The van der Waals surface area contributed by atoms with Gasteiger partial charge >= 0.3 is 0 Å². The number of likely N-dealkylation sites (tertiary alicyclic amines) is 1. The van der Waals surface area contributed by atoms with Gasteiger partial charge in [-0.1, -0.05) is 48.5 Å². The Bertz CT molecular complexity index is 931. The summed E-state index contributed by atoms with van der Waals surface area (Å²) >= 11 is 0. The average Bonchev–Trinajstić information content (AvgIpc) is 3.27. The summed E-state index contributed by atoms with van der Waals surface area (Å²) in [5.41, 5.74) is 3.70. The summed E-state index contributed by atoms with van der Waals surface area (Å²) in [5, 5.41) is 0.884. The normalized spacial score (nSPS) is 15.1. The number of carbonyl (C=O) groups excluding carboxylic acids is 1. The molecule has 25 heavy (non-hydrogen) atoms. The van der Waals surface area contributed by atoms with E-state index in [0.717, 1.165) is 35.3 Å². The topological polar surface area (TPSA) is 33.5 Å². The first-order chi connectivity index (χ1) is 12.2. The van der Waals surface area contributed by atoms with Gasteiger partial charge in [-0.2, -0.15) is 0 Å². The molecule has 126 valence electrons. The molecule has 0 bridgehead atoms. The second-order valence-corrected chi connectivity index (χ2v) is 6.48. The second-order valence-electron chi connectivity index (χ2n) is 6.48. The maximum Gasteiger partial charge on any atom is 0.164 e. The van der Waals surface area contributed by atoms with Crippen molar-refractivity contribution in [3.05, 3.63) is 71.5 Å². The van der Waals surface area contributed by atoms with E-state index >= 15 is 0 Å². The lowest BCUT2D eigenvalue weighted by Crippen LogP contribution is -2.17. The van der Waals surface area contributed by atoms with Crippen LogP contribution in [0.5, 0.6) is 0 Å². The van der Waals surface area contributed by atoms with Crippen molar-refractivity contribution in [3.63, 3.8) is 0 Å². The van der Waals surface area contributed by atoms with Crippen LogP contribution in [-0.2, 0) is 0 Å². The van der Waals surface area contributed by atoms with Gasteiger partial charge in [0.15, 0.2) is 5.78 Å². The van der Waals surface area contributed by atoms with Crippen LogP contribution in [0.15, 0.2) is 59.0 Å². The summed E-state index contributed by atoms with van der Waals surface area (Å²) in [4.78, 5) is 14.7. The summed E-state index contributed by atoms with van der Waals surface area (Å²) in [6.07, 6.45) is 4.44. The number of carbonyl (C=O) groups is 1. The number of ketones is 1. The molecule has 0 radical (unpaired) electrons. The molecular weight excluding hydrogens is 310 g/mol. The first-order valence-corrected chi connectivity index (χ1v) is 8.78. The Morgan fingerprint density at radius 3 is 2.40 bits per heavy atom. The highest BCUT2D eigenvalue weighted by atomic mass is 16.3. The highest BCUT2D eigenvalue weighted by molar-refractivity contribution is 6.09. The number of Topliss-reactive ketones (excluding diaryl/α,β-unsaturated/α-hetero) is 1. The summed E-state index contributed by atoms with van der Waals surface area (Å²) in [6, 6.07) is 18.1. The predicted octanol–water partition coefficient (Wildman–Crippen LogP) is 5.23. The fourth-order valence-corrected chi connectivity index (χ4v) is 3.58. The van der Waals surface area contributed by atoms with Crippen LogP contribution < -0.4 is 0 Å². The Balaban J connectivity index is 1.90. The smallest absolute Gasteiger partial charge is 0.164 e. The van der Waals surface area contributed by atoms with Gasteiger partial charge in [-0.25, -0.2) is 0 Å². The van der Waals surface area contributed by atoms with Gasteiger partial charge in [0.2, 0.25) is 0 Å². The number of hydrogen-bond acceptors (Lipinski definition) is 3. The van der Waals surface area contributed by atoms with E-state index in [9.17, 15) is 4.79 Å². The number of furan rings is 1. The van der Waals surface area contributed by atoms with Crippen LogP contribution >= 0.6 is 0 Å². The Labute approximate surface area is 147 Å². The molecule has 1 fully saturated rings. The lowest BCUT2D eigenvalue weighted by molar-refractivity contribution is 0.101. The van der Waals surface area contributed by atoms with E-state index in [2.05, 4.69) is 17.0 Å². The number of para-hydroxylation sites is 1. The van der Waals surface area contributed by atoms with E-state index in [4.69, 9.17) is 4.42 Å². The summed E-state index contributed by atoms with van der Waals surface area (Å²) < 4.78 is 6.05. The molecule has 0 amide bonds. The Morgan fingerprint density at radius 1 is 1.00 bits per heavy atom. The quantitative estimate of drug-likeness (QED) is 0.614. The third kappa shape index (κ3) is 2.98. The molecule has 3 heteroatoms. The molecule has 2 heterocycles. The van der Waals surface area contributed by atoms with Crippen molar-refractivity contribution in [2.75, 3.05) is 13.1 Å². The Hall–Kier alpha value is -2.81. The summed E-state index contributed by atoms with van der Waals surface area (Å²) in [5.74, 6) is 0.685. The van der Waals surface area contributed by atoms with Crippen LogP contribution in [0.3, 0.4) is 0 Å². The molecule has 3 nitrogen and oxygen atoms in total. The van der Waals surface area contributed by atoms with E-state index < -0.39 is 0 Å². The van der Waals surface area contributed by atoms with E-state index in [1.807, 2.05) is 48.5 Å². The minimum Gasteiger partial charge on any atom is -0.456 e. The van der Waals surface area contributed by atoms with Crippen molar-refractivity contribution in [2.24, 2.45) is 0 Å². The molecule has 0 unspecified atom stereocenters. The van der Waals surface area contributed by atoms with Gasteiger partial charge in [-0.05, 0) is 31.4 Å². The fourth-order valence-electron chi connectivity index (χ4n) is 3.58. The van der Waals surface area contributed by atoms with Crippen molar-refractivity contribution < 1.29 is 9.21 Å². The van der Waals surface area contributed by atoms with E-state index in [1.54, 1.807) is 6.92 Å². The first kappa shape index (κ1) is 15.7. The number of hydrogen-bond donors (Lipinski definition) is 0. The molecule has 1 aliphatic rings. The number of benzene rings is 2. The molecule has 4 rings (SSSR count). The van der Waals surface area contributed by atoms with Gasteiger partial charge < -0.3 is 9.32 Å². The molecule has 0 aliphatic carbocycles. The number of fused-ring (bicyclic) bond motifs is 1. The molecule has 2 aromatic carbocycles. The molecule has 0 atom stereocenters. The first-order valence-electron chi connectivity index (χ1n) is 8.78. The molecule has 0 N–H and O–H groups in total. The largest absolute Gasteiger partial charge is 0.456 e. The molecule has 1 aliphatic heterocycles. The second kappa shape index (κ2) is 6.60. The van der Waals surface area contributed by atoms with Crippen molar-refractivity contribution in [1.82, 2.24) is 4.90 Å². The number of rotatable bonds is 4. The van der Waals surface area contributed by atoms with Crippen LogP contribution in [0.2, 0.25) is 0 Å². The van der Waals surface area contributed by atoms with Gasteiger partial charge in [0.25, 0.3) is 0 Å². The summed E-state index contributed by atoms with van der Waals surface area (Å²) in [6.45, 7) is 3.68. The van der Waals surface area contributed by atoms with Gasteiger partial charge in [0.05, 0.1) is 5.56 Å². The maximum atomic E-state index is 12.3. The molecule has 0 spiro atoms. The van der Waals surface area contributed by atoms with Gasteiger partial charge in [-0.3, -0.25) is 4.79 Å². The van der Waals surface area contributed by atoms with Crippen molar-refractivity contribution in [1.29, 1.82) is 0 Å². The third-order valence-corrected chi connectivity index (χ3v) is 4.76. The van der Waals surface area contributed by atoms with Crippen molar-refractivity contribution >= 4 is 28.5 Å². The predicted molar refractivity (Wildman–Crippen MR) is 101 cm³/mol. The lowest BCUT2D eigenvalue weighted by atomic mass is 10.0. The molecule has 1 saturated heterocycles. The zero-order chi connectivity index (χ0) is 17.2. The molecule has 0 saturated carbocycles. The van der Waals surface area contributed by atoms with Gasteiger partial charge in [-0.15, -0.1) is 0 Å². The summed E-state index contributed by atoms with van der Waals surface area (Å²) in [7, 11) is 0. The highest BCUT2D eigenvalue weighted by Gasteiger charge is 2.20. The van der Waals surface area contributed by atoms with Crippen LogP contribution in [0, 0.1) is 0 Å². The van der Waals surface area contributed by atoms with Gasteiger partial charge in [0, 0.05) is 30.2 Å². The monoisotopic (exact) mass is 331 g/mol. The minimum absolute atomic E-state index is 0.0324. The van der Waals surface area contributed by atoms with Crippen LogP contribution in [-0.4, -0.2) is 23.8 Å². The van der Waals surface area contributed by atoms with Crippen LogP contribution in [0.1, 0.15) is 41.4 Å². The van der Waals surface area contributed by atoms with Gasteiger partial charge in [0.1, 0.15) is 11.3 Å². The number of nitrogens with zero attached hydrogens (tertiary/aromatic N) is 1. The van der Waals surface area contributed by atoms with Crippen molar-refractivity contribution in [2.45, 2.75) is 19.8 Å². The van der Waals surface area contributed by atoms with E-state index in [1.165, 1.54) is 12.8 Å². The zero-order valence-corrected chi connectivity index (χ0v) is 14.4. The molecule has 3 aromatic rings. The molecular formula is C22H21NO2. The van der Waals surface area contributed by atoms with E-state index in [-0.39, 0.29) is 5.78 Å². The lowest BCUT2D eigenvalue weighted by Gasteiger charge is -2.21. The fraction of sp³-hybridized carbons (Fsp3) is 0.227. The van der Waals surface area contributed by atoms with Crippen LogP contribution in [0.4, 0.5) is 0 Å². The standard InChI is InChI=1S/C22H21NO2/c1-16(24)22-18-11-5-6-12-20(18)25-21(22)15-19(23-13-7-8-14-23)17-9-3-2-4-10-17/h2-6,9-12,15H,7-8,13-14H2,1H3/b19-15+. The SMILES string of the molecule is CC(=O)c1c(/C=C(\c2ccccc2)N2CCCC2)oc2ccccc12. The molecule has 1 aromatic heterocycles. The highest BCUT2D eigenvalue weighted by Crippen LogP contribution is 2.32. The van der Waals surface area contributed by atoms with Crippen LogP contribution in [0.25, 0.3) is 22.7 Å². The third-order valence-electron chi connectivity index (χ3n) is 4.76. The van der Waals surface area contributed by atoms with E-state index in [0.29, 0.717) is 11.3 Å². The Morgan fingerprint density at radius 2 is 1.68 bits per heavy atom. The Kier molecular flexibility index (Phi) is 4.14. The average molecular weight is 331 g/mol. The maximum absolute atomic E-state index is 12.3. The zero-order valence-electron chi connectivity index (χ0n) is 14.4. The minimum atomic E-state index is 0.0324.